The van der Waals surface area contributed by atoms with Gasteiger partial charge in [-0.3, -0.25) is 0 Å². The van der Waals surface area contributed by atoms with E-state index < -0.39 is 11.7 Å². The molecule has 1 heterocycles. The van der Waals surface area contributed by atoms with Gasteiger partial charge in [-0.15, -0.1) is 0 Å². The van der Waals surface area contributed by atoms with Gasteiger partial charge in [-0.1, -0.05) is 12.1 Å². The fraction of sp³-hybridized carbons (Fsp3) is 0.562. The Morgan fingerprint density at radius 1 is 1.38 bits per heavy atom. The number of benzene rings is 1. The zero-order valence-corrected chi connectivity index (χ0v) is 12.9. The zero-order valence-electron chi connectivity index (χ0n) is 12.9. The highest BCUT2D eigenvalue weighted by Crippen LogP contribution is 2.31. The first-order valence-electron chi connectivity index (χ1n) is 7.32. The van der Waals surface area contributed by atoms with E-state index in [1.165, 1.54) is 0 Å². The number of phenols is 1. The van der Waals surface area contributed by atoms with Crippen LogP contribution in [-0.4, -0.2) is 29.9 Å². The van der Waals surface area contributed by atoms with Crippen LogP contribution in [0.1, 0.15) is 39.2 Å². The first kappa shape index (κ1) is 15.6. The van der Waals surface area contributed by atoms with Crippen LogP contribution in [0.25, 0.3) is 0 Å². The summed E-state index contributed by atoms with van der Waals surface area (Å²) < 4.78 is 5.28. The van der Waals surface area contributed by atoms with E-state index in [-0.39, 0.29) is 11.3 Å². The van der Waals surface area contributed by atoms with E-state index in [1.807, 2.05) is 32.9 Å². The van der Waals surface area contributed by atoms with Crippen molar-refractivity contribution in [3.05, 3.63) is 29.8 Å². The third-order valence-corrected chi connectivity index (χ3v) is 3.60. The normalized spacial score (nSPS) is 22.0. The summed E-state index contributed by atoms with van der Waals surface area (Å²) in [5, 5.41) is 15.7. The van der Waals surface area contributed by atoms with E-state index in [0.717, 1.165) is 24.9 Å². The summed E-state index contributed by atoms with van der Waals surface area (Å²) in [5.41, 5.74) is 0.276. The number of rotatable bonds is 3. The summed E-state index contributed by atoms with van der Waals surface area (Å²) in [7, 11) is 0. The van der Waals surface area contributed by atoms with Crippen molar-refractivity contribution in [3.8, 4) is 5.75 Å². The molecule has 5 nitrogen and oxygen atoms in total. The van der Waals surface area contributed by atoms with Gasteiger partial charge in [-0.2, -0.15) is 0 Å². The number of phenolic OH excluding ortho intramolecular Hbond substituents is 1. The van der Waals surface area contributed by atoms with Gasteiger partial charge < -0.3 is 20.5 Å². The Bertz CT molecular complexity index is 485. The summed E-state index contributed by atoms with van der Waals surface area (Å²) in [5.74, 6) is 0.243. The van der Waals surface area contributed by atoms with Crippen molar-refractivity contribution in [2.45, 2.75) is 44.8 Å². The summed E-state index contributed by atoms with van der Waals surface area (Å²) in [6.07, 6.45) is 1.58. The number of hydrogen-bond acceptors (Lipinski definition) is 4. The molecular formula is C16H24N2O3. The van der Waals surface area contributed by atoms with Crippen LogP contribution in [0.5, 0.6) is 5.75 Å². The van der Waals surface area contributed by atoms with Gasteiger partial charge in [-0.25, -0.2) is 4.79 Å². The first-order chi connectivity index (χ1) is 9.81. The minimum absolute atomic E-state index is 0.243. The Balaban J connectivity index is 2.06. The van der Waals surface area contributed by atoms with E-state index in [2.05, 4.69) is 10.6 Å². The molecular weight excluding hydrogens is 268 g/mol. The number of ether oxygens (including phenoxy) is 1. The highest BCUT2D eigenvalue weighted by molar-refractivity contribution is 5.67. The van der Waals surface area contributed by atoms with E-state index >= 15 is 0 Å². The minimum atomic E-state index is -0.501. The number of nitrogens with one attached hydrogen (secondary N) is 2. The van der Waals surface area contributed by atoms with Crippen LogP contribution in [0.2, 0.25) is 0 Å². The van der Waals surface area contributed by atoms with Crippen LogP contribution in [0.15, 0.2) is 24.3 Å². The minimum Gasteiger partial charge on any atom is -0.508 e. The largest absolute Gasteiger partial charge is 0.508 e. The quantitative estimate of drug-likeness (QED) is 0.800. The number of aromatic hydroxyl groups is 1. The molecule has 0 spiro atoms. The second-order valence-corrected chi connectivity index (χ2v) is 6.51. The predicted molar refractivity (Wildman–Crippen MR) is 81.3 cm³/mol. The molecule has 0 aliphatic carbocycles. The molecule has 3 N–H and O–H groups in total. The molecule has 0 radical (unpaired) electrons. The molecule has 1 unspecified atom stereocenters. The summed E-state index contributed by atoms with van der Waals surface area (Å²) in [6.45, 7) is 6.91. The number of carbonyl (C=O) groups excluding carboxylic acids is 1. The second kappa shape index (κ2) is 5.93. The van der Waals surface area contributed by atoms with Gasteiger partial charge in [-0.05, 0) is 57.9 Å². The molecule has 1 fully saturated rings. The third-order valence-electron chi connectivity index (χ3n) is 3.60. The fourth-order valence-electron chi connectivity index (χ4n) is 2.62. The average Bonchev–Trinajstić information content (AvgIpc) is 2.85. The van der Waals surface area contributed by atoms with E-state index in [9.17, 15) is 9.90 Å². The summed E-state index contributed by atoms with van der Waals surface area (Å²) >= 11 is 0. The topological polar surface area (TPSA) is 70.6 Å². The molecule has 1 aliphatic heterocycles. The van der Waals surface area contributed by atoms with Crippen LogP contribution < -0.4 is 10.6 Å². The first-order valence-corrected chi connectivity index (χ1v) is 7.32. The molecule has 1 aromatic rings. The predicted octanol–water partition coefficient (Wildman–Crippen LogP) is 2.50. The van der Waals surface area contributed by atoms with Crippen molar-refractivity contribution in [1.82, 2.24) is 10.6 Å². The van der Waals surface area contributed by atoms with Crippen molar-refractivity contribution in [3.63, 3.8) is 0 Å². The van der Waals surface area contributed by atoms with Gasteiger partial charge in [0.15, 0.2) is 0 Å². The number of hydrogen-bond donors (Lipinski definition) is 3. The Labute approximate surface area is 125 Å². The molecule has 2 rings (SSSR count). The smallest absolute Gasteiger partial charge is 0.407 e. The zero-order chi connectivity index (χ0) is 15.5. The number of alkyl carbamates (subject to hydrolysis) is 1. The van der Waals surface area contributed by atoms with E-state index in [1.54, 1.807) is 12.1 Å². The van der Waals surface area contributed by atoms with Crippen LogP contribution in [0.4, 0.5) is 4.79 Å². The van der Waals surface area contributed by atoms with E-state index in [4.69, 9.17) is 4.74 Å². The Morgan fingerprint density at radius 3 is 2.57 bits per heavy atom. The highest BCUT2D eigenvalue weighted by atomic mass is 16.6. The van der Waals surface area contributed by atoms with Crippen molar-refractivity contribution < 1.29 is 14.6 Å². The molecule has 116 valence electrons. The molecule has 0 saturated carbocycles. The molecule has 1 aromatic carbocycles. The van der Waals surface area contributed by atoms with Crippen molar-refractivity contribution in [2.75, 3.05) is 13.1 Å². The SMILES string of the molecule is CC(C)(C)OC(=O)NCC1(c2ccc(O)cc2)CCCN1. The molecule has 0 bridgehead atoms. The monoisotopic (exact) mass is 292 g/mol. The van der Waals surface area contributed by atoms with Crippen LogP contribution in [0.3, 0.4) is 0 Å². The Kier molecular flexibility index (Phi) is 4.42. The van der Waals surface area contributed by atoms with Gasteiger partial charge in [0, 0.05) is 6.54 Å². The lowest BCUT2D eigenvalue weighted by atomic mass is 9.88. The lowest BCUT2D eigenvalue weighted by Crippen LogP contribution is -2.48. The van der Waals surface area contributed by atoms with Gasteiger partial charge >= 0.3 is 6.09 Å². The van der Waals surface area contributed by atoms with Crippen molar-refractivity contribution in [2.24, 2.45) is 0 Å². The molecule has 1 amide bonds. The number of amides is 1. The highest BCUT2D eigenvalue weighted by Gasteiger charge is 2.36. The van der Waals surface area contributed by atoms with Gasteiger partial charge in [0.05, 0.1) is 5.54 Å². The molecule has 21 heavy (non-hydrogen) atoms. The molecule has 1 saturated heterocycles. The maximum atomic E-state index is 11.8. The third kappa shape index (κ3) is 4.11. The Morgan fingerprint density at radius 2 is 2.05 bits per heavy atom. The van der Waals surface area contributed by atoms with E-state index in [0.29, 0.717) is 6.54 Å². The van der Waals surface area contributed by atoms with Gasteiger partial charge in [0.25, 0.3) is 0 Å². The van der Waals surface area contributed by atoms with Crippen LogP contribution in [-0.2, 0) is 10.3 Å². The Hall–Kier alpha value is -1.75. The lowest BCUT2D eigenvalue weighted by Gasteiger charge is -2.31. The molecule has 1 aliphatic rings. The van der Waals surface area contributed by atoms with Crippen LogP contribution >= 0.6 is 0 Å². The standard InChI is InChI=1S/C16H24N2O3/c1-15(2,3)21-14(20)17-11-16(9-4-10-18-16)12-5-7-13(19)8-6-12/h5-8,18-19H,4,9-11H2,1-3H3,(H,17,20). The van der Waals surface area contributed by atoms with Crippen molar-refractivity contribution >= 4 is 6.09 Å². The maximum Gasteiger partial charge on any atom is 0.407 e. The lowest BCUT2D eigenvalue weighted by molar-refractivity contribution is 0.0511. The van der Waals surface area contributed by atoms with Crippen molar-refractivity contribution in [1.29, 1.82) is 0 Å². The molecule has 1 atom stereocenters. The summed E-state index contributed by atoms with van der Waals surface area (Å²) in [6, 6.07) is 7.13. The fourth-order valence-corrected chi connectivity index (χ4v) is 2.62. The average molecular weight is 292 g/mol. The number of carbonyl (C=O) groups is 1. The van der Waals surface area contributed by atoms with Gasteiger partial charge in [0.1, 0.15) is 11.4 Å². The maximum absolute atomic E-state index is 11.8. The second-order valence-electron chi connectivity index (χ2n) is 6.51. The van der Waals surface area contributed by atoms with Crippen LogP contribution in [0, 0.1) is 0 Å². The summed E-state index contributed by atoms with van der Waals surface area (Å²) in [4.78, 5) is 11.8. The molecule has 0 aromatic heterocycles. The van der Waals surface area contributed by atoms with Gasteiger partial charge in [0.2, 0.25) is 0 Å². The molecule has 5 heteroatoms.